The Balaban J connectivity index is 1.24. The second kappa shape index (κ2) is 10.7. The molecule has 0 saturated heterocycles. The predicted molar refractivity (Wildman–Crippen MR) is 245 cm³/mol. The van der Waals surface area contributed by atoms with Crippen LogP contribution in [0, 0.1) is 0 Å². The van der Waals surface area contributed by atoms with E-state index >= 15 is 0 Å². The number of rotatable bonds is 3. The van der Waals surface area contributed by atoms with Crippen molar-refractivity contribution in [3.05, 3.63) is 218 Å². The minimum atomic E-state index is -2.95. The van der Waals surface area contributed by atoms with E-state index in [0.717, 1.165) is 0 Å². The lowest BCUT2D eigenvalue weighted by molar-refractivity contribution is -0.732. The van der Waals surface area contributed by atoms with E-state index < -0.39 is 13.7 Å². The summed E-state index contributed by atoms with van der Waals surface area (Å²) in [5.74, 6) is 0. The van der Waals surface area contributed by atoms with Crippen molar-refractivity contribution in [2.45, 2.75) is 5.66 Å². The summed E-state index contributed by atoms with van der Waals surface area (Å²) in [5, 5.41) is 12.1. The highest BCUT2D eigenvalue weighted by atomic mass is 28.3. The molecule has 1 spiro atoms. The number of hydrogen-bond acceptors (Lipinski definition) is 0. The van der Waals surface area contributed by atoms with Crippen molar-refractivity contribution in [1.29, 1.82) is 0 Å². The number of hydrogen-bond donors (Lipinski definition) is 0. The number of benzene rings is 7. The molecule has 15 rings (SSSR count). The number of para-hydroxylation sites is 3. The smallest absolute Gasteiger partial charge is 0.309 e. The van der Waals surface area contributed by atoms with Crippen LogP contribution >= 0.6 is 0 Å². The summed E-state index contributed by atoms with van der Waals surface area (Å²) in [6.07, 6.45) is 2.35. The standard InChI is InChI=1S/C55H34N4Si/c1-4-17-35(18-5-1)57-45-27-12-10-23-38(45)42-33-43-39-30-31-50-59-53(39)54-52(41-24-11-13-28-46(41)58(54)48(43)34-47(42)57)55(59)51-40(44-26-14-15-32-56(44)55)25-16-29-49(51)60(50,36-19-6-2-7-20-36)37-21-8-3-9-22-37/h1-34H/q+2. The summed E-state index contributed by atoms with van der Waals surface area (Å²) in [6, 6.07) is 75.9. The SMILES string of the molecule is c1ccc(-n2c3ccccc3c3cc4c5ccc6n7c5c5c(c8ccccc8[n+]5c4cc32)C72c3c(cccc3[Si]6(c3ccccc3)c3ccccc3)-c3cccc[n+]32)cc1. The average molecular weight is 779 g/mol. The van der Waals surface area contributed by atoms with Crippen molar-refractivity contribution >= 4 is 89.0 Å². The maximum atomic E-state index is 2.85. The van der Waals surface area contributed by atoms with Crippen molar-refractivity contribution in [3.63, 3.8) is 0 Å². The third-order valence-electron chi connectivity index (χ3n) is 14.3. The van der Waals surface area contributed by atoms with Gasteiger partial charge in [0.25, 0.3) is 0 Å². The predicted octanol–water partition coefficient (Wildman–Crippen LogP) is 8.35. The van der Waals surface area contributed by atoms with Gasteiger partial charge in [0.1, 0.15) is 11.1 Å². The maximum absolute atomic E-state index is 2.95. The second-order valence-electron chi connectivity index (χ2n) is 16.8. The molecule has 60 heavy (non-hydrogen) atoms. The molecular weight excluding hydrogens is 745 g/mol. The van der Waals surface area contributed by atoms with E-state index in [1.807, 2.05) is 0 Å². The van der Waals surface area contributed by atoms with E-state index in [1.165, 1.54) is 109 Å². The molecule has 0 fully saturated rings. The van der Waals surface area contributed by atoms with E-state index in [9.17, 15) is 0 Å². The average Bonchev–Trinajstić information content (AvgIpc) is 4.03. The Kier molecular flexibility index (Phi) is 5.60. The number of aromatic nitrogens is 4. The topological polar surface area (TPSA) is 17.8 Å². The lowest BCUT2D eigenvalue weighted by Crippen LogP contribution is -2.83. The van der Waals surface area contributed by atoms with E-state index in [1.54, 1.807) is 0 Å². The lowest BCUT2D eigenvalue weighted by atomic mass is 9.90. The Labute approximate surface area is 345 Å². The highest BCUT2D eigenvalue weighted by molar-refractivity contribution is 7.20. The molecule has 5 heteroatoms. The molecule has 1 atom stereocenters. The molecule has 0 radical (unpaired) electrons. The first-order valence-corrected chi connectivity index (χ1v) is 23.0. The van der Waals surface area contributed by atoms with Crippen LogP contribution in [0.1, 0.15) is 11.1 Å². The molecule has 0 saturated carbocycles. The van der Waals surface area contributed by atoms with Crippen LogP contribution in [0.3, 0.4) is 0 Å². The van der Waals surface area contributed by atoms with Gasteiger partial charge in [-0.05, 0) is 64.1 Å². The molecule has 4 nitrogen and oxygen atoms in total. The van der Waals surface area contributed by atoms with Crippen LogP contribution < -0.4 is 29.8 Å². The van der Waals surface area contributed by atoms with Crippen LogP contribution in [0.15, 0.2) is 206 Å². The number of nitrogens with zero attached hydrogens (tertiary/aromatic N) is 4. The van der Waals surface area contributed by atoms with Gasteiger partial charge in [0.05, 0.1) is 32.9 Å². The lowest BCUT2D eigenvalue weighted by Gasteiger charge is -2.44. The Bertz CT molecular complexity index is 3850. The summed E-state index contributed by atoms with van der Waals surface area (Å²) >= 11 is 0. The summed E-state index contributed by atoms with van der Waals surface area (Å²) in [6.45, 7) is 0. The van der Waals surface area contributed by atoms with Gasteiger partial charge in [-0.15, -0.1) is 0 Å². The zero-order chi connectivity index (χ0) is 38.9. The molecule has 276 valence electrons. The zero-order valence-electron chi connectivity index (χ0n) is 32.4. The molecule has 0 aliphatic carbocycles. The van der Waals surface area contributed by atoms with E-state index in [-0.39, 0.29) is 0 Å². The van der Waals surface area contributed by atoms with E-state index in [2.05, 4.69) is 224 Å². The van der Waals surface area contributed by atoms with Gasteiger partial charge < -0.3 is 4.57 Å². The molecular formula is C55H34N4Si+2. The molecule has 0 amide bonds. The Hall–Kier alpha value is -7.60. The fourth-order valence-corrected chi connectivity index (χ4v) is 17.5. The second-order valence-corrected chi connectivity index (χ2v) is 20.5. The number of pyridine rings is 3. The Morgan fingerprint density at radius 1 is 0.467 bits per heavy atom. The van der Waals surface area contributed by atoms with Gasteiger partial charge in [0.2, 0.25) is 22.2 Å². The van der Waals surface area contributed by atoms with Crippen molar-refractivity contribution in [2.75, 3.05) is 0 Å². The number of fused-ring (bicyclic) bond motifs is 11. The highest BCUT2D eigenvalue weighted by Gasteiger charge is 2.69. The first kappa shape index (κ1) is 31.4. The van der Waals surface area contributed by atoms with Crippen molar-refractivity contribution < 1.29 is 8.97 Å². The maximum Gasteiger partial charge on any atom is 0.309 e. The molecule has 5 aromatic heterocycles. The first-order chi connectivity index (χ1) is 29.8. The molecule has 3 aliphatic heterocycles. The van der Waals surface area contributed by atoms with E-state index in [4.69, 9.17) is 0 Å². The monoisotopic (exact) mass is 778 g/mol. The van der Waals surface area contributed by atoms with Gasteiger partial charge in [-0.3, -0.25) is 4.57 Å². The highest BCUT2D eigenvalue weighted by Crippen LogP contribution is 2.54. The molecule has 7 aromatic carbocycles. The van der Waals surface area contributed by atoms with Gasteiger partial charge in [-0.25, -0.2) is 0 Å². The van der Waals surface area contributed by atoms with Crippen LogP contribution in [0.5, 0.6) is 0 Å². The van der Waals surface area contributed by atoms with Gasteiger partial charge in [0.15, 0.2) is 14.3 Å². The van der Waals surface area contributed by atoms with Gasteiger partial charge in [-0.2, -0.15) is 8.97 Å². The Morgan fingerprint density at radius 2 is 1.17 bits per heavy atom. The first-order valence-electron chi connectivity index (χ1n) is 21.0. The summed E-state index contributed by atoms with van der Waals surface area (Å²) in [5.41, 5.74) is 13.4. The third-order valence-corrected chi connectivity index (χ3v) is 19.1. The molecule has 1 unspecified atom stereocenters. The fraction of sp³-hybridized carbons (Fsp3) is 0.0182. The van der Waals surface area contributed by atoms with Gasteiger partial charge >= 0.3 is 5.66 Å². The van der Waals surface area contributed by atoms with Gasteiger partial charge in [0, 0.05) is 51.4 Å². The molecule has 3 aliphatic rings. The summed E-state index contributed by atoms with van der Waals surface area (Å²) < 4.78 is 10.6. The van der Waals surface area contributed by atoms with Crippen LogP contribution in [-0.4, -0.2) is 17.2 Å². The zero-order valence-corrected chi connectivity index (χ0v) is 33.4. The normalized spacial score (nSPS) is 16.5. The fourth-order valence-electron chi connectivity index (χ4n) is 12.3. The molecule has 12 aromatic rings. The van der Waals surface area contributed by atoms with Crippen molar-refractivity contribution in [3.8, 4) is 16.9 Å². The largest absolute Gasteiger partial charge is 0.309 e. The minimum absolute atomic E-state index is 0.642. The van der Waals surface area contributed by atoms with Crippen LogP contribution in [0.4, 0.5) is 0 Å². The van der Waals surface area contributed by atoms with Crippen molar-refractivity contribution in [1.82, 2.24) is 9.13 Å². The minimum Gasteiger partial charge on any atom is -0.309 e. The van der Waals surface area contributed by atoms with Crippen LogP contribution in [0.25, 0.3) is 77.0 Å². The summed E-state index contributed by atoms with van der Waals surface area (Å²) in [7, 11) is -2.95. The molecule has 8 heterocycles. The third kappa shape index (κ3) is 3.32. The van der Waals surface area contributed by atoms with Crippen molar-refractivity contribution in [2.24, 2.45) is 0 Å². The van der Waals surface area contributed by atoms with Crippen LogP contribution in [0.2, 0.25) is 0 Å². The molecule has 0 N–H and O–H groups in total. The Morgan fingerprint density at radius 3 is 1.97 bits per heavy atom. The quantitative estimate of drug-likeness (QED) is 0.0976. The summed E-state index contributed by atoms with van der Waals surface area (Å²) in [4.78, 5) is 0. The van der Waals surface area contributed by atoms with E-state index in [0.29, 0.717) is 0 Å². The van der Waals surface area contributed by atoms with Gasteiger partial charge in [-0.1, -0.05) is 127 Å². The van der Waals surface area contributed by atoms with Crippen LogP contribution in [-0.2, 0) is 5.66 Å². The molecule has 0 bridgehead atoms.